The Bertz CT molecular complexity index is 938. The van der Waals surface area contributed by atoms with Crippen molar-refractivity contribution in [2.75, 3.05) is 13.1 Å². The molecule has 1 aromatic carbocycles. The van der Waals surface area contributed by atoms with Crippen molar-refractivity contribution in [3.8, 4) is 5.75 Å². The van der Waals surface area contributed by atoms with E-state index in [-0.39, 0.29) is 18.2 Å². The Morgan fingerprint density at radius 1 is 1.21 bits per heavy atom. The fourth-order valence-electron chi connectivity index (χ4n) is 3.55. The summed E-state index contributed by atoms with van der Waals surface area (Å²) in [7, 11) is 0. The number of carboxylic acid groups (broad SMARTS) is 1. The van der Waals surface area contributed by atoms with E-state index in [1.165, 1.54) is 4.90 Å². The zero-order valence-corrected chi connectivity index (χ0v) is 16.8. The SMILES string of the molecule is CC(C)(C)OC(=O)N1CC[C@H](C2=CC(c3ccc(O)cc3)=C=C=C2)[C@@H](C(=O)O)C1. The smallest absolute Gasteiger partial charge is 0.410 e. The number of piperidine rings is 1. The van der Waals surface area contributed by atoms with Crippen LogP contribution in [0.3, 0.4) is 0 Å². The third kappa shape index (κ3) is 5.00. The van der Waals surface area contributed by atoms with Crippen LogP contribution in [0.1, 0.15) is 32.8 Å². The molecule has 0 spiro atoms. The van der Waals surface area contributed by atoms with Crippen molar-refractivity contribution in [3.05, 3.63) is 59.0 Å². The summed E-state index contributed by atoms with van der Waals surface area (Å²) >= 11 is 0. The Morgan fingerprint density at radius 3 is 2.52 bits per heavy atom. The van der Waals surface area contributed by atoms with Crippen LogP contribution in [-0.4, -0.2) is 45.9 Å². The Morgan fingerprint density at radius 2 is 1.90 bits per heavy atom. The quantitative estimate of drug-likeness (QED) is 0.756. The Labute approximate surface area is 170 Å². The van der Waals surface area contributed by atoms with Gasteiger partial charge in [-0.1, -0.05) is 23.6 Å². The molecule has 1 aromatic rings. The molecule has 0 unspecified atom stereocenters. The molecule has 2 aliphatic rings. The van der Waals surface area contributed by atoms with E-state index in [9.17, 15) is 19.8 Å². The predicted molar refractivity (Wildman–Crippen MR) is 108 cm³/mol. The molecule has 0 radical (unpaired) electrons. The van der Waals surface area contributed by atoms with Crippen molar-refractivity contribution in [1.29, 1.82) is 0 Å². The van der Waals surface area contributed by atoms with Gasteiger partial charge in [-0.25, -0.2) is 4.79 Å². The number of nitrogens with zero attached hydrogens (tertiary/aromatic N) is 1. The second-order valence-electron chi connectivity index (χ2n) is 8.28. The zero-order valence-electron chi connectivity index (χ0n) is 16.8. The lowest BCUT2D eigenvalue weighted by Crippen LogP contribution is -2.48. The van der Waals surface area contributed by atoms with Crippen molar-refractivity contribution in [3.63, 3.8) is 0 Å². The first-order valence-electron chi connectivity index (χ1n) is 9.57. The molecule has 2 atom stereocenters. The molecule has 29 heavy (non-hydrogen) atoms. The van der Waals surface area contributed by atoms with Gasteiger partial charge in [-0.2, -0.15) is 0 Å². The molecular weight excluding hydrogens is 370 g/mol. The van der Waals surface area contributed by atoms with Gasteiger partial charge in [0.2, 0.25) is 0 Å². The van der Waals surface area contributed by atoms with Crippen LogP contribution < -0.4 is 0 Å². The summed E-state index contributed by atoms with van der Waals surface area (Å²) in [5.41, 5.74) is 7.88. The van der Waals surface area contributed by atoms with Gasteiger partial charge < -0.3 is 19.8 Å². The Balaban J connectivity index is 1.79. The van der Waals surface area contributed by atoms with Crippen LogP contribution in [0, 0.1) is 11.8 Å². The maximum Gasteiger partial charge on any atom is 0.410 e. The lowest BCUT2D eigenvalue weighted by Gasteiger charge is -2.37. The van der Waals surface area contributed by atoms with Gasteiger partial charge in [0, 0.05) is 24.6 Å². The molecule has 1 saturated heterocycles. The molecule has 0 aromatic heterocycles. The highest BCUT2D eigenvalue weighted by atomic mass is 16.6. The fourth-order valence-corrected chi connectivity index (χ4v) is 3.55. The molecule has 1 aliphatic carbocycles. The molecule has 3 rings (SSSR count). The van der Waals surface area contributed by atoms with E-state index in [0.717, 1.165) is 16.7 Å². The summed E-state index contributed by atoms with van der Waals surface area (Å²) in [6.45, 7) is 5.88. The first-order chi connectivity index (χ1) is 13.6. The highest BCUT2D eigenvalue weighted by molar-refractivity contribution is 5.78. The third-order valence-corrected chi connectivity index (χ3v) is 4.94. The largest absolute Gasteiger partial charge is 0.508 e. The number of allylic oxidation sites excluding steroid dienone is 4. The molecule has 6 nitrogen and oxygen atoms in total. The molecule has 0 saturated carbocycles. The van der Waals surface area contributed by atoms with E-state index in [1.807, 2.05) is 6.08 Å². The van der Waals surface area contributed by atoms with Crippen LogP contribution in [0.25, 0.3) is 5.57 Å². The minimum absolute atomic E-state index is 0.0993. The first kappa shape index (κ1) is 20.5. The topological polar surface area (TPSA) is 87.1 Å². The van der Waals surface area contributed by atoms with Gasteiger partial charge >= 0.3 is 12.1 Å². The number of hydrogen-bond donors (Lipinski definition) is 2. The molecule has 1 fully saturated rings. The summed E-state index contributed by atoms with van der Waals surface area (Å²) in [6, 6.07) is 6.74. The summed E-state index contributed by atoms with van der Waals surface area (Å²) in [5.74, 6) is -1.75. The van der Waals surface area contributed by atoms with Gasteiger partial charge in [-0.15, -0.1) is 0 Å². The average Bonchev–Trinajstić information content (AvgIpc) is 2.67. The van der Waals surface area contributed by atoms with E-state index in [4.69, 9.17) is 4.74 Å². The van der Waals surface area contributed by atoms with Crippen LogP contribution in [0.2, 0.25) is 0 Å². The minimum Gasteiger partial charge on any atom is -0.508 e. The van der Waals surface area contributed by atoms with Crippen molar-refractivity contribution in [2.24, 2.45) is 11.8 Å². The number of rotatable bonds is 3. The number of benzene rings is 1. The maximum atomic E-state index is 12.4. The molecule has 2 N–H and O–H groups in total. The number of phenolic OH excluding ortho intramolecular Hbond substituents is 1. The Hall–Kier alpha value is -3.20. The number of amides is 1. The number of hydrogen-bond acceptors (Lipinski definition) is 4. The molecule has 1 aliphatic heterocycles. The molecule has 6 heteroatoms. The van der Waals surface area contributed by atoms with E-state index < -0.39 is 23.6 Å². The average molecular weight is 395 g/mol. The lowest BCUT2D eigenvalue weighted by atomic mass is 9.78. The number of ether oxygens (including phenoxy) is 1. The second kappa shape index (κ2) is 8.04. The number of aromatic hydroxyl groups is 1. The summed E-state index contributed by atoms with van der Waals surface area (Å²) < 4.78 is 5.40. The van der Waals surface area contributed by atoms with Crippen LogP contribution >= 0.6 is 0 Å². The highest BCUT2D eigenvalue weighted by Crippen LogP contribution is 2.34. The van der Waals surface area contributed by atoms with Crippen LogP contribution in [0.4, 0.5) is 4.79 Å². The van der Waals surface area contributed by atoms with E-state index >= 15 is 0 Å². The minimum atomic E-state index is -0.942. The number of phenols is 1. The third-order valence-electron chi connectivity index (χ3n) is 4.94. The van der Waals surface area contributed by atoms with Crippen molar-refractivity contribution in [1.82, 2.24) is 4.90 Å². The monoisotopic (exact) mass is 395 g/mol. The number of carbonyl (C=O) groups is 2. The fraction of sp³-hybridized carbons (Fsp3) is 0.391. The van der Waals surface area contributed by atoms with E-state index in [1.54, 1.807) is 51.1 Å². The van der Waals surface area contributed by atoms with Crippen LogP contribution in [0.5, 0.6) is 5.75 Å². The normalized spacial score (nSPS) is 21.4. The second-order valence-corrected chi connectivity index (χ2v) is 8.28. The van der Waals surface area contributed by atoms with Gasteiger partial charge in [0.1, 0.15) is 11.4 Å². The van der Waals surface area contributed by atoms with Crippen molar-refractivity contribution < 1.29 is 24.5 Å². The molecular formula is C23H25NO5. The van der Waals surface area contributed by atoms with Crippen molar-refractivity contribution >= 4 is 17.6 Å². The molecule has 1 heterocycles. The van der Waals surface area contributed by atoms with Crippen LogP contribution in [0.15, 0.2) is 53.5 Å². The number of aliphatic carboxylic acids is 1. The van der Waals surface area contributed by atoms with Crippen molar-refractivity contribution in [2.45, 2.75) is 32.8 Å². The zero-order chi connectivity index (χ0) is 21.2. The molecule has 0 bridgehead atoms. The van der Waals surface area contributed by atoms with Gasteiger partial charge in [0.05, 0.1) is 5.92 Å². The number of carbonyl (C=O) groups excluding carboxylic acids is 1. The number of carboxylic acids is 1. The molecule has 1 amide bonds. The lowest BCUT2D eigenvalue weighted by molar-refractivity contribution is -0.145. The summed E-state index contributed by atoms with van der Waals surface area (Å²) in [5, 5.41) is 19.3. The predicted octanol–water partition coefficient (Wildman–Crippen LogP) is 3.98. The van der Waals surface area contributed by atoms with Gasteiger partial charge in [0.15, 0.2) is 0 Å². The highest BCUT2D eigenvalue weighted by Gasteiger charge is 2.38. The van der Waals surface area contributed by atoms with E-state index in [0.29, 0.717) is 13.0 Å². The molecule has 152 valence electrons. The standard InChI is InChI=1S/C23H25NO5/c1-23(2,3)29-22(28)24-12-11-19(20(14-24)21(26)27)17-6-4-5-16(13-17)15-7-9-18(25)10-8-15/h6-10,13,19-20,25H,11-12,14H2,1-3H3,(H,26,27)/t19-,20+/m1/s1. The van der Waals surface area contributed by atoms with Gasteiger partial charge in [-0.05, 0) is 62.6 Å². The summed E-state index contributed by atoms with van der Waals surface area (Å²) in [6.07, 6.45) is 3.70. The first-order valence-corrected chi connectivity index (χ1v) is 9.57. The Kier molecular flexibility index (Phi) is 5.69. The van der Waals surface area contributed by atoms with Crippen LogP contribution in [-0.2, 0) is 9.53 Å². The van der Waals surface area contributed by atoms with E-state index in [2.05, 4.69) is 11.5 Å². The number of likely N-dealkylation sites (tertiary alicyclic amines) is 1. The van der Waals surface area contributed by atoms with Gasteiger partial charge in [-0.3, -0.25) is 4.79 Å². The van der Waals surface area contributed by atoms with Gasteiger partial charge in [0.25, 0.3) is 0 Å². The maximum absolute atomic E-state index is 12.4. The summed E-state index contributed by atoms with van der Waals surface area (Å²) in [4.78, 5) is 25.8.